The van der Waals surface area contributed by atoms with Crippen molar-refractivity contribution in [2.24, 2.45) is 5.92 Å². The molecule has 1 unspecified atom stereocenters. The summed E-state index contributed by atoms with van der Waals surface area (Å²) in [6.45, 7) is 3.65. The van der Waals surface area contributed by atoms with Gasteiger partial charge < -0.3 is 14.3 Å². The zero-order chi connectivity index (χ0) is 25.9. The molecule has 0 aliphatic heterocycles. The third-order valence-electron chi connectivity index (χ3n) is 6.01. The number of carbonyl (C=O) groups is 1. The average molecular weight is 513 g/mol. The SMILES string of the molecule is CC(C)C(Oc1cccc(-c2ccccc2-c2cc(-c3ccco3)n(-c3ccc(Cl)cc3)n2)c1)C(=O)O. The van der Waals surface area contributed by atoms with Gasteiger partial charge in [0.25, 0.3) is 0 Å². The number of aromatic nitrogens is 2. The van der Waals surface area contributed by atoms with Crippen molar-refractivity contribution in [1.82, 2.24) is 9.78 Å². The molecule has 0 fully saturated rings. The van der Waals surface area contributed by atoms with Crippen molar-refractivity contribution in [2.45, 2.75) is 20.0 Å². The molecule has 3 aromatic carbocycles. The normalized spacial score (nSPS) is 12.0. The molecule has 0 aliphatic carbocycles. The molecule has 1 N–H and O–H groups in total. The monoisotopic (exact) mass is 512 g/mol. The number of halogens is 1. The summed E-state index contributed by atoms with van der Waals surface area (Å²) in [7, 11) is 0. The first-order valence-corrected chi connectivity index (χ1v) is 12.3. The number of rotatable bonds is 8. The maximum absolute atomic E-state index is 11.7. The highest BCUT2D eigenvalue weighted by molar-refractivity contribution is 6.30. The van der Waals surface area contributed by atoms with Gasteiger partial charge >= 0.3 is 5.97 Å². The van der Waals surface area contributed by atoms with Crippen LogP contribution in [-0.2, 0) is 4.79 Å². The second kappa shape index (κ2) is 10.4. The van der Waals surface area contributed by atoms with E-state index in [-0.39, 0.29) is 5.92 Å². The molecule has 186 valence electrons. The molecule has 0 saturated heterocycles. The van der Waals surface area contributed by atoms with Gasteiger partial charge in [0.1, 0.15) is 11.4 Å². The minimum atomic E-state index is -0.987. The molecule has 2 aromatic heterocycles. The predicted molar refractivity (Wildman–Crippen MR) is 144 cm³/mol. The third kappa shape index (κ3) is 5.15. The lowest BCUT2D eigenvalue weighted by atomic mass is 9.97. The number of ether oxygens (including phenoxy) is 1. The lowest BCUT2D eigenvalue weighted by Crippen LogP contribution is -2.32. The van der Waals surface area contributed by atoms with Crippen LogP contribution in [0.15, 0.2) is 102 Å². The highest BCUT2D eigenvalue weighted by Gasteiger charge is 2.24. The number of benzene rings is 3. The third-order valence-corrected chi connectivity index (χ3v) is 6.27. The fraction of sp³-hybridized carbons (Fsp3) is 0.133. The summed E-state index contributed by atoms with van der Waals surface area (Å²) in [6.07, 6.45) is 0.700. The maximum Gasteiger partial charge on any atom is 0.345 e. The average Bonchev–Trinajstić information content (AvgIpc) is 3.58. The molecule has 1 atom stereocenters. The quantitative estimate of drug-likeness (QED) is 0.231. The predicted octanol–water partition coefficient (Wildman–Crippen LogP) is 7.61. The Bertz CT molecular complexity index is 1520. The molecule has 5 rings (SSSR count). The van der Waals surface area contributed by atoms with Gasteiger partial charge in [-0.2, -0.15) is 5.10 Å². The van der Waals surface area contributed by atoms with Gasteiger partial charge in [0, 0.05) is 16.5 Å². The Kier molecular flexibility index (Phi) is 6.84. The Morgan fingerprint density at radius 1 is 0.946 bits per heavy atom. The smallest absolute Gasteiger partial charge is 0.345 e. The van der Waals surface area contributed by atoms with Crippen LogP contribution in [0.25, 0.3) is 39.5 Å². The topological polar surface area (TPSA) is 77.5 Å². The molecule has 5 aromatic rings. The Balaban J connectivity index is 1.59. The first-order valence-electron chi connectivity index (χ1n) is 11.9. The Morgan fingerprint density at radius 3 is 2.38 bits per heavy atom. The highest BCUT2D eigenvalue weighted by Crippen LogP contribution is 2.36. The van der Waals surface area contributed by atoms with Crippen LogP contribution in [0, 0.1) is 5.92 Å². The Hall–Kier alpha value is -4.29. The number of carboxylic acid groups (broad SMARTS) is 1. The van der Waals surface area contributed by atoms with Crippen LogP contribution in [0.4, 0.5) is 0 Å². The molecule has 0 aliphatic rings. The van der Waals surface area contributed by atoms with Crippen molar-refractivity contribution in [3.8, 4) is 45.3 Å². The van der Waals surface area contributed by atoms with Gasteiger partial charge in [-0.15, -0.1) is 0 Å². The van der Waals surface area contributed by atoms with Crippen molar-refractivity contribution in [3.05, 3.63) is 102 Å². The van der Waals surface area contributed by atoms with Crippen molar-refractivity contribution in [3.63, 3.8) is 0 Å². The summed E-state index contributed by atoms with van der Waals surface area (Å²) in [6, 6.07) is 28.6. The van der Waals surface area contributed by atoms with E-state index in [9.17, 15) is 9.90 Å². The van der Waals surface area contributed by atoms with Crippen LogP contribution in [-0.4, -0.2) is 27.0 Å². The number of carboxylic acids is 1. The Morgan fingerprint density at radius 2 is 1.70 bits per heavy atom. The van der Waals surface area contributed by atoms with Crippen LogP contribution in [0.3, 0.4) is 0 Å². The molecule has 0 radical (unpaired) electrons. The highest BCUT2D eigenvalue weighted by atomic mass is 35.5. The van der Waals surface area contributed by atoms with Gasteiger partial charge in [-0.3, -0.25) is 0 Å². The molecular formula is C30H25ClN2O4. The van der Waals surface area contributed by atoms with Crippen molar-refractivity contribution in [2.75, 3.05) is 0 Å². The Labute approximate surface area is 219 Å². The van der Waals surface area contributed by atoms with Gasteiger partial charge in [0.05, 0.1) is 17.6 Å². The number of hydrogen-bond acceptors (Lipinski definition) is 4. The summed E-state index contributed by atoms with van der Waals surface area (Å²) >= 11 is 6.12. The summed E-state index contributed by atoms with van der Waals surface area (Å²) in [5.41, 5.74) is 5.16. The summed E-state index contributed by atoms with van der Waals surface area (Å²) < 4.78 is 13.4. The van der Waals surface area contributed by atoms with E-state index in [1.165, 1.54) is 0 Å². The lowest BCUT2D eigenvalue weighted by molar-refractivity contribution is -0.147. The second-order valence-corrected chi connectivity index (χ2v) is 9.41. The van der Waals surface area contributed by atoms with E-state index in [1.54, 1.807) is 12.3 Å². The molecule has 0 saturated carbocycles. The van der Waals surface area contributed by atoms with E-state index in [4.69, 9.17) is 25.9 Å². The number of furan rings is 1. The fourth-order valence-corrected chi connectivity index (χ4v) is 4.33. The van der Waals surface area contributed by atoms with Crippen molar-refractivity contribution >= 4 is 17.6 Å². The van der Waals surface area contributed by atoms with Crippen LogP contribution in [0.5, 0.6) is 5.75 Å². The van der Waals surface area contributed by atoms with Crippen LogP contribution >= 0.6 is 11.6 Å². The number of hydrogen-bond donors (Lipinski definition) is 1. The fourth-order valence-electron chi connectivity index (χ4n) is 4.21. The van der Waals surface area contributed by atoms with E-state index >= 15 is 0 Å². The molecule has 2 heterocycles. The summed E-state index contributed by atoms with van der Waals surface area (Å²) in [4.78, 5) is 11.7. The van der Waals surface area contributed by atoms with Gasteiger partial charge in [-0.05, 0) is 65.7 Å². The number of nitrogens with zero attached hydrogens (tertiary/aromatic N) is 2. The van der Waals surface area contributed by atoms with E-state index in [1.807, 2.05) is 103 Å². The van der Waals surface area contributed by atoms with Crippen molar-refractivity contribution in [1.29, 1.82) is 0 Å². The first-order chi connectivity index (χ1) is 17.9. The molecule has 0 spiro atoms. The standard InChI is InChI=1S/C30H25ClN2O4/c1-19(2)29(30(34)35)37-23-8-5-7-20(17-23)24-9-3-4-10-25(24)26-18-27(28-11-6-16-36-28)33(32-26)22-14-12-21(31)13-15-22/h3-19,29H,1-2H3,(H,34,35). The second-order valence-electron chi connectivity index (χ2n) is 8.97. The molecule has 7 heteroatoms. The van der Waals surface area contributed by atoms with Gasteiger partial charge in [0.15, 0.2) is 11.9 Å². The molecule has 6 nitrogen and oxygen atoms in total. The molecular weight excluding hydrogens is 488 g/mol. The van der Waals surface area contributed by atoms with Crippen LogP contribution in [0.1, 0.15) is 13.8 Å². The van der Waals surface area contributed by atoms with Gasteiger partial charge in [0.2, 0.25) is 0 Å². The summed E-state index contributed by atoms with van der Waals surface area (Å²) in [5.74, 6) is 0.0237. The zero-order valence-electron chi connectivity index (χ0n) is 20.3. The van der Waals surface area contributed by atoms with Crippen molar-refractivity contribution < 1.29 is 19.1 Å². The maximum atomic E-state index is 11.7. The minimum Gasteiger partial charge on any atom is -0.478 e. The molecule has 0 amide bonds. The molecule has 0 bridgehead atoms. The number of aliphatic carboxylic acids is 1. The lowest BCUT2D eigenvalue weighted by Gasteiger charge is -2.19. The van der Waals surface area contributed by atoms with E-state index in [2.05, 4.69) is 0 Å². The van der Waals surface area contributed by atoms with Crippen LogP contribution in [0.2, 0.25) is 5.02 Å². The largest absolute Gasteiger partial charge is 0.478 e. The van der Waals surface area contributed by atoms with E-state index < -0.39 is 12.1 Å². The van der Waals surface area contributed by atoms with E-state index in [0.29, 0.717) is 16.5 Å². The first kappa shape index (κ1) is 24.4. The zero-order valence-corrected chi connectivity index (χ0v) is 21.1. The van der Waals surface area contributed by atoms with E-state index in [0.717, 1.165) is 33.8 Å². The van der Waals surface area contributed by atoms with Crippen LogP contribution < -0.4 is 4.74 Å². The molecule has 37 heavy (non-hydrogen) atoms. The summed E-state index contributed by atoms with van der Waals surface area (Å²) in [5, 5.41) is 15.1. The van der Waals surface area contributed by atoms with Gasteiger partial charge in [-0.1, -0.05) is 61.8 Å². The minimum absolute atomic E-state index is 0.176. The van der Waals surface area contributed by atoms with Gasteiger partial charge in [-0.25, -0.2) is 9.48 Å².